The molecule has 0 amide bonds. The van der Waals surface area contributed by atoms with Gasteiger partial charge in [-0.3, -0.25) is 0 Å². The zero-order valence-electron chi connectivity index (χ0n) is 9.56. The average molecular weight is 191 g/mol. The topological polar surface area (TPSA) is 12.0 Å². The smallest absolute Gasteiger partial charge is 0.0208 e. The molecule has 78 valence electrons. The molecule has 0 aromatic heterocycles. The Kier molecular flexibility index (Phi) is 4.68. The number of nitrogens with one attached hydrogen (secondary N) is 1. The molecule has 2 rings (SSSR count). The number of rotatable bonds is 1. The zero-order chi connectivity index (χ0) is 10.4. The lowest BCUT2D eigenvalue weighted by atomic mass is 9.98. The largest absolute Gasteiger partial charge is 0.312 e. The number of benzene rings is 1. The molecule has 0 radical (unpaired) electrons. The van der Waals surface area contributed by atoms with Crippen LogP contribution in [0.4, 0.5) is 0 Å². The predicted octanol–water partition coefficient (Wildman–Crippen LogP) is 2.92. The lowest BCUT2D eigenvalue weighted by Gasteiger charge is -2.17. The van der Waals surface area contributed by atoms with Gasteiger partial charge in [0.25, 0.3) is 0 Å². The maximum absolute atomic E-state index is 3.38. The molecule has 0 unspecified atom stereocenters. The second-order valence-corrected chi connectivity index (χ2v) is 3.38. The van der Waals surface area contributed by atoms with Gasteiger partial charge in [-0.1, -0.05) is 39.0 Å². The van der Waals surface area contributed by atoms with Crippen molar-refractivity contribution in [3.63, 3.8) is 0 Å². The fourth-order valence-corrected chi connectivity index (χ4v) is 1.75. The molecule has 1 nitrogen and oxygen atoms in total. The summed E-state index contributed by atoms with van der Waals surface area (Å²) >= 11 is 0. The summed E-state index contributed by atoms with van der Waals surface area (Å²) in [5, 5.41) is 3.38. The molecule has 1 aromatic rings. The third kappa shape index (κ3) is 2.58. The summed E-state index contributed by atoms with van der Waals surface area (Å²) in [6.07, 6.45) is 2.35. The van der Waals surface area contributed by atoms with Crippen molar-refractivity contribution in [1.29, 1.82) is 0 Å². The third-order valence-corrected chi connectivity index (χ3v) is 2.57. The van der Waals surface area contributed by atoms with E-state index in [0.29, 0.717) is 0 Å². The van der Waals surface area contributed by atoms with Crippen LogP contribution in [0.3, 0.4) is 0 Å². The monoisotopic (exact) mass is 191 g/mol. The van der Waals surface area contributed by atoms with Crippen molar-refractivity contribution in [2.75, 3.05) is 6.54 Å². The van der Waals surface area contributed by atoms with Gasteiger partial charge < -0.3 is 5.32 Å². The van der Waals surface area contributed by atoms with E-state index in [1.54, 1.807) is 5.56 Å². The molecule has 0 saturated heterocycles. The van der Waals surface area contributed by atoms with Crippen LogP contribution in [0.2, 0.25) is 0 Å². The molecule has 0 spiro atoms. The minimum Gasteiger partial charge on any atom is -0.312 e. The molecule has 0 bridgehead atoms. The molecule has 1 aromatic carbocycles. The summed E-state index contributed by atoms with van der Waals surface area (Å²) < 4.78 is 0. The Bertz CT molecular complexity index is 279. The molecular weight excluding hydrogens is 170 g/mol. The molecule has 1 aliphatic heterocycles. The van der Waals surface area contributed by atoms with Crippen LogP contribution in [0.1, 0.15) is 37.5 Å². The Hall–Kier alpha value is -0.820. The van der Waals surface area contributed by atoms with Gasteiger partial charge in [0, 0.05) is 6.54 Å². The highest BCUT2D eigenvalue weighted by molar-refractivity contribution is 5.33. The molecule has 0 atom stereocenters. The Balaban J connectivity index is 0.000000461. The molecular formula is C13H21N. The minimum absolute atomic E-state index is 1.05. The number of fused-ring (bicyclic) bond motifs is 1. The van der Waals surface area contributed by atoms with Gasteiger partial charge in [0.05, 0.1) is 0 Å². The normalized spacial score (nSPS) is 13.9. The summed E-state index contributed by atoms with van der Waals surface area (Å²) in [5.41, 5.74) is 4.50. The molecule has 0 aliphatic carbocycles. The highest BCUT2D eigenvalue weighted by Crippen LogP contribution is 2.15. The Labute approximate surface area is 87.5 Å². The van der Waals surface area contributed by atoms with Crippen LogP contribution in [0, 0.1) is 0 Å². The van der Waals surface area contributed by atoms with E-state index in [-0.39, 0.29) is 0 Å². The molecule has 1 aliphatic rings. The lowest BCUT2D eigenvalue weighted by molar-refractivity contribution is 0.643. The van der Waals surface area contributed by atoms with Crippen LogP contribution < -0.4 is 5.32 Å². The fraction of sp³-hybridized carbons (Fsp3) is 0.538. The van der Waals surface area contributed by atoms with E-state index in [0.717, 1.165) is 19.5 Å². The van der Waals surface area contributed by atoms with Crippen LogP contribution in [-0.4, -0.2) is 6.54 Å². The van der Waals surface area contributed by atoms with E-state index in [2.05, 4.69) is 30.4 Å². The van der Waals surface area contributed by atoms with Gasteiger partial charge in [-0.2, -0.15) is 0 Å². The molecule has 1 heterocycles. The van der Waals surface area contributed by atoms with Crippen molar-refractivity contribution in [2.24, 2.45) is 0 Å². The van der Waals surface area contributed by atoms with E-state index in [9.17, 15) is 0 Å². The summed E-state index contributed by atoms with van der Waals surface area (Å²) in [6, 6.07) is 6.86. The van der Waals surface area contributed by atoms with E-state index in [1.807, 2.05) is 13.8 Å². The summed E-state index contributed by atoms with van der Waals surface area (Å²) in [6.45, 7) is 8.41. The first-order chi connectivity index (χ1) is 6.90. The summed E-state index contributed by atoms with van der Waals surface area (Å²) in [5.74, 6) is 0. The summed E-state index contributed by atoms with van der Waals surface area (Å²) in [4.78, 5) is 0. The van der Waals surface area contributed by atoms with Crippen LogP contribution in [0.15, 0.2) is 18.2 Å². The van der Waals surface area contributed by atoms with Crippen LogP contribution in [0.5, 0.6) is 0 Å². The van der Waals surface area contributed by atoms with Gasteiger partial charge in [-0.15, -0.1) is 0 Å². The molecule has 14 heavy (non-hydrogen) atoms. The molecule has 0 saturated carbocycles. The lowest BCUT2D eigenvalue weighted by Crippen LogP contribution is -2.23. The maximum Gasteiger partial charge on any atom is 0.0208 e. The Morgan fingerprint density at radius 2 is 2.00 bits per heavy atom. The zero-order valence-corrected chi connectivity index (χ0v) is 9.56. The van der Waals surface area contributed by atoms with Crippen molar-refractivity contribution in [3.8, 4) is 0 Å². The quantitative estimate of drug-likeness (QED) is 0.719. The van der Waals surface area contributed by atoms with E-state index >= 15 is 0 Å². The minimum atomic E-state index is 1.05. The molecule has 1 heteroatoms. The third-order valence-electron chi connectivity index (χ3n) is 2.57. The standard InChI is InChI=1S/C11H15N.C2H6/c1-2-9-3-4-11-8-12-6-5-10(11)7-9;1-2/h3-4,7,12H,2,5-6,8H2,1H3;1-2H3. The van der Waals surface area contributed by atoms with Gasteiger partial charge in [-0.05, 0) is 36.1 Å². The van der Waals surface area contributed by atoms with E-state index in [1.165, 1.54) is 17.5 Å². The van der Waals surface area contributed by atoms with Crippen LogP contribution >= 0.6 is 0 Å². The van der Waals surface area contributed by atoms with Crippen molar-refractivity contribution >= 4 is 0 Å². The fourth-order valence-electron chi connectivity index (χ4n) is 1.75. The first kappa shape index (κ1) is 11.3. The van der Waals surface area contributed by atoms with Gasteiger partial charge in [-0.25, -0.2) is 0 Å². The Morgan fingerprint density at radius 1 is 1.21 bits per heavy atom. The van der Waals surface area contributed by atoms with Gasteiger partial charge in [0.1, 0.15) is 0 Å². The highest BCUT2D eigenvalue weighted by atomic mass is 14.9. The Morgan fingerprint density at radius 3 is 2.71 bits per heavy atom. The van der Waals surface area contributed by atoms with Gasteiger partial charge in [0.15, 0.2) is 0 Å². The SMILES string of the molecule is CC.CCc1ccc2c(c1)CCNC2. The first-order valence-electron chi connectivity index (χ1n) is 5.71. The van der Waals surface area contributed by atoms with Crippen molar-refractivity contribution in [3.05, 3.63) is 34.9 Å². The molecule has 1 N–H and O–H groups in total. The van der Waals surface area contributed by atoms with Crippen LogP contribution in [-0.2, 0) is 19.4 Å². The van der Waals surface area contributed by atoms with Gasteiger partial charge in [0.2, 0.25) is 0 Å². The highest BCUT2D eigenvalue weighted by Gasteiger charge is 2.07. The van der Waals surface area contributed by atoms with Crippen molar-refractivity contribution < 1.29 is 0 Å². The predicted molar refractivity (Wildman–Crippen MR) is 62.6 cm³/mol. The van der Waals surface area contributed by atoms with E-state index in [4.69, 9.17) is 0 Å². The second kappa shape index (κ2) is 5.82. The van der Waals surface area contributed by atoms with Crippen molar-refractivity contribution in [1.82, 2.24) is 5.32 Å². The van der Waals surface area contributed by atoms with Crippen molar-refractivity contribution in [2.45, 2.75) is 40.2 Å². The van der Waals surface area contributed by atoms with Gasteiger partial charge >= 0.3 is 0 Å². The molecule has 0 fully saturated rings. The van der Waals surface area contributed by atoms with E-state index < -0.39 is 0 Å². The maximum atomic E-state index is 3.38. The second-order valence-electron chi connectivity index (χ2n) is 3.38. The number of aryl methyl sites for hydroxylation is 1. The average Bonchev–Trinajstić information content (AvgIpc) is 2.31. The van der Waals surface area contributed by atoms with Crippen LogP contribution in [0.25, 0.3) is 0 Å². The summed E-state index contributed by atoms with van der Waals surface area (Å²) in [7, 11) is 0. The first-order valence-corrected chi connectivity index (χ1v) is 5.71. The number of hydrogen-bond donors (Lipinski definition) is 1. The number of hydrogen-bond acceptors (Lipinski definition) is 1.